The van der Waals surface area contributed by atoms with Gasteiger partial charge in [0, 0.05) is 19.5 Å². The molecule has 0 amide bonds. The van der Waals surface area contributed by atoms with E-state index >= 15 is 0 Å². The van der Waals surface area contributed by atoms with Gasteiger partial charge in [0.05, 0.1) is 11.0 Å². The van der Waals surface area contributed by atoms with E-state index in [4.69, 9.17) is 16.3 Å². The zero-order chi connectivity index (χ0) is 16.7. The van der Waals surface area contributed by atoms with E-state index in [-0.39, 0.29) is 31.5 Å². The zero-order valence-corrected chi connectivity index (χ0v) is 14.7. The van der Waals surface area contributed by atoms with Crippen molar-refractivity contribution in [3.63, 3.8) is 0 Å². The number of aliphatic carboxylic acids is 1. The number of rotatable bonds is 8. The molecule has 0 heterocycles. The summed E-state index contributed by atoms with van der Waals surface area (Å²) >= 11 is 6.17. The molecule has 0 fully saturated rings. The van der Waals surface area contributed by atoms with Crippen molar-refractivity contribution in [3.8, 4) is 5.75 Å². The fourth-order valence-corrected chi connectivity index (χ4v) is 2.47. The smallest absolute Gasteiger partial charge is 0.549 e. The molecule has 0 aliphatic heterocycles. The van der Waals surface area contributed by atoms with E-state index in [0.29, 0.717) is 23.7 Å². The first-order valence-electron chi connectivity index (χ1n) is 7.41. The van der Waals surface area contributed by atoms with Gasteiger partial charge in [-0.15, -0.1) is 0 Å². The predicted molar refractivity (Wildman–Crippen MR) is 88.4 cm³/mol. The van der Waals surface area contributed by atoms with Crippen LogP contribution in [-0.2, 0) is 4.79 Å². The van der Waals surface area contributed by atoms with E-state index in [1.54, 1.807) is 18.0 Å². The van der Waals surface area contributed by atoms with E-state index in [1.807, 2.05) is 48.5 Å². The Labute approximate surface area is 159 Å². The third kappa shape index (κ3) is 6.58. The van der Waals surface area contributed by atoms with Gasteiger partial charge in [-0.05, 0) is 24.7 Å². The van der Waals surface area contributed by atoms with Crippen LogP contribution in [0.5, 0.6) is 5.75 Å². The number of likely N-dealkylation sites (N-methyl/N-ethyl adjacent to an activating group) is 1. The number of nitrogens with zero attached hydrogens (tertiary/aromatic N) is 1. The summed E-state index contributed by atoms with van der Waals surface area (Å²) in [6, 6.07) is 17.1. The van der Waals surface area contributed by atoms with Gasteiger partial charge in [-0.25, -0.2) is 0 Å². The first-order valence-corrected chi connectivity index (χ1v) is 7.78. The minimum absolute atomic E-state index is 0. The second-order valence-corrected chi connectivity index (χ2v) is 5.75. The molecule has 0 saturated carbocycles. The molecule has 6 heteroatoms. The van der Waals surface area contributed by atoms with E-state index in [9.17, 15) is 9.90 Å². The Hall–Kier alpha value is -1.44. The number of hydrogen-bond acceptors (Lipinski definition) is 4. The molecule has 0 saturated heterocycles. The molecule has 24 heavy (non-hydrogen) atoms. The second kappa shape index (κ2) is 10.4. The van der Waals surface area contributed by atoms with Crippen LogP contribution in [0.15, 0.2) is 54.6 Å². The van der Waals surface area contributed by atoms with Crippen LogP contribution in [0, 0.1) is 0 Å². The normalized spacial score (nSPS) is 11.6. The number of para-hydroxylation sites is 1. The SMILES string of the molecule is CN(CC[C@H](Oc1ccccc1Cl)c1ccccc1)CC(=O)[O-].[Li+]. The van der Waals surface area contributed by atoms with Crippen molar-refractivity contribution in [2.75, 3.05) is 20.1 Å². The molecule has 0 N–H and O–H groups in total. The van der Waals surface area contributed by atoms with Crippen LogP contribution in [0.4, 0.5) is 0 Å². The van der Waals surface area contributed by atoms with Gasteiger partial charge < -0.3 is 19.5 Å². The largest absolute Gasteiger partial charge is 1.00 e. The number of carboxylic acids is 1. The molecule has 122 valence electrons. The van der Waals surface area contributed by atoms with Crippen LogP contribution < -0.4 is 28.7 Å². The molecule has 0 aliphatic carbocycles. The Morgan fingerprint density at radius 2 is 1.79 bits per heavy atom. The molecule has 2 aromatic carbocycles. The first-order chi connectivity index (χ1) is 11.1. The maximum absolute atomic E-state index is 10.7. The fourth-order valence-electron chi connectivity index (χ4n) is 2.29. The Bertz CT molecular complexity index is 639. The van der Waals surface area contributed by atoms with Crippen LogP contribution in [0.1, 0.15) is 18.1 Å². The van der Waals surface area contributed by atoms with Gasteiger partial charge in [-0.3, -0.25) is 0 Å². The minimum Gasteiger partial charge on any atom is -0.549 e. The van der Waals surface area contributed by atoms with Crippen molar-refractivity contribution in [1.29, 1.82) is 0 Å². The first kappa shape index (κ1) is 20.6. The van der Waals surface area contributed by atoms with E-state index in [2.05, 4.69) is 0 Å². The number of carboxylic acid groups (broad SMARTS) is 1. The minimum atomic E-state index is -1.09. The number of hydrogen-bond donors (Lipinski definition) is 0. The van der Waals surface area contributed by atoms with Crippen LogP contribution >= 0.6 is 11.6 Å². The molecule has 2 rings (SSSR count). The van der Waals surface area contributed by atoms with Crippen molar-refractivity contribution in [3.05, 3.63) is 65.2 Å². The van der Waals surface area contributed by atoms with Crippen LogP contribution in [0.25, 0.3) is 0 Å². The topological polar surface area (TPSA) is 52.6 Å². The summed E-state index contributed by atoms with van der Waals surface area (Å²) in [5, 5.41) is 11.2. The van der Waals surface area contributed by atoms with E-state index < -0.39 is 5.97 Å². The predicted octanol–water partition coefficient (Wildman–Crippen LogP) is -0.464. The number of carbonyl (C=O) groups is 1. The second-order valence-electron chi connectivity index (χ2n) is 5.35. The van der Waals surface area contributed by atoms with Gasteiger partial charge in [0.1, 0.15) is 11.9 Å². The van der Waals surface area contributed by atoms with Gasteiger partial charge in [-0.2, -0.15) is 0 Å². The molecule has 2 aromatic rings. The summed E-state index contributed by atoms with van der Waals surface area (Å²) in [7, 11) is 1.74. The average molecular weight is 340 g/mol. The van der Waals surface area contributed by atoms with Gasteiger partial charge in [0.15, 0.2) is 0 Å². The Kier molecular flexibility index (Phi) is 8.95. The van der Waals surface area contributed by atoms with Crippen molar-refractivity contribution < 1.29 is 33.5 Å². The molecular weight excluding hydrogens is 321 g/mol. The van der Waals surface area contributed by atoms with Crippen molar-refractivity contribution >= 4 is 17.6 Å². The van der Waals surface area contributed by atoms with Crippen molar-refractivity contribution in [2.45, 2.75) is 12.5 Å². The van der Waals surface area contributed by atoms with Crippen molar-refractivity contribution in [2.24, 2.45) is 0 Å². The quantitative estimate of drug-likeness (QED) is 0.611. The number of benzene rings is 2. The molecule has 0 bridgehead atoms. The monoisotopic (exact) mass is 339 g/mol. The molecule has 0 spiro atoms. The molecule has 0 aromatic heterocycles. The summed E-state index contributed by atoms with van der Waals surface area (Å²) in [6.45, 7) is 0.464. The maximum Gasteiger partial charge on any atom is 1.00 e. The number of carbonyl (C=O) groups excluding carboxylic acids is 1. The summed E-state index contributed by atoms with van der Waals surface area (Å²) in [6.07, 6.45) is 0.430. The average Bonchev–Trinajstić information content (AvgIpc) is 2.53. The van der Waals surface area contributed by atoms with E-state index in [1.165, 1.54) is 0 Å². The molecule has 4 nitrogen and oxygen atoms in total. The Morgan fingerprint density at radius 1 is 1.17 bits per heavy atom. The molecule has 0 radical (unpaired) electrons. The third-order valence-electron chi connectivity index (χ3n) is 3.45. The summed E-state index contributed by atoms with van der Waals surface area (Å²) < 4.78 is 6.07. The molecule has 0 unspecified atom stereocenters. The Morgan fingerprint density at radius 3 is 2.42 bits per heavy atom. The summed E-state index contributed by atoms with van der Waals surface area (Å²) in [5.74, 6) is -0.471. The fraction of sp³-hybridized carbons (Fsp3) is 0.278. The number of halogens is 1. The third-order valence-corrected chi connectivity index (χ3v) is 3.76. The van der Waals surface area contributed by atoms with Gasteiger partial charge in [0.25, 0.3) is 0 Å². The molecular formula is C18H19ClLiNO3. The van der Waals surface area contributed by atoms with Crippen LogP contribution in [-0.4, -0.2) is 31.0 Å². The standard InChI is InChI=1S/C18H20ClNO3.Li/c1-20(13-18(21)22)12-11-16(14-7-3-2-4-8-14)23-17-10-6-5-9-15(17)19;/h2-10,16H,11-13H2,1H3,(H,21,22);/q;+1/p-1/t16-;/m0./s1. The van der Waals surface area contributed by atoms with Crippen LogP contribution in [0.3, 0.4) is 0 Å². The summed E-state index contributed by atoms with van der Waals surface area (Å²) in [4.78, 5) is 12.4. The maximum atomic E-state index is 10.7. The van der Waals surface area contributed by atoms with Gasteiger partial charge in [-0.1, -0.05) is 54.1 Å². The number of ether oxygens (including phenoxy) is 1. The molecule has 1 atom stereocenters. The Balaban J connectivity index is 0.00000288. The van der Waals surface area contributed by atoms with Crippen molar-refractivity contribution in [1.82, 2.24) is 4.90 Å². The van der Waals surface area contributed by atoms with E-state index in [0.717, 1.165) is 5.56 Å². The summed E-state index contributed by atoms with van der Waals surface area (Å²) in [5.41, 5.74) is 1.02. The zero-order valence-electron chi connectivity index (χ0n) is 13.9. The van der Waals surface area contributed by atoms with Gasteiger partial charge >= 0.3 is 18.9 Å². The van der Waals surface area contributed by atoms with Gasteiger partial charge in [0.2, 0.25) is 0 Å². The van der Waals surface area contributed by atoms with Crippen LogP contribution in [0.2, 0.25) is 5.02 Å². The molecule has 0 aliphatic rings.